The van der Waals surface area contributed by atoms with Crippen molar-refractivity contribution in [3.63, 3.8) is 0 Å². The number of amides is 1. The van der Waals surface area contributed by atoms with Crippen LogP contribution in [0.3, 0.4) is 0 Å². The number of anilines is 1. The molecule has 0 spiro atoms. The molecule has 134 valence electrons. The Balaban J connectivity index is 1.78. The molecule has 27 heavy (non-hydrogen) atoms. The lowest BCUT2D eigenvalue weighted by atomic mass is 10.0. The number of rotatable bonds is 2. The Kier molecular flexibility index (Phi) is 4.09. The van der Waals surface area contributed by atoms with Gasteiger partial charge < -0.3 is 5.32 Å². The second-order valence-corrected chi connectivity index (χ2v) is 8.27. The standard InChI is InChI=1S/C20H12ClNO4S/c21-15-6-2-3-7-16(15)22-20(24)12-9-10-14-18(11-12)27(25,26)17-8-4-1-5-13(17)19(14)23/h1-11H,(H,22,24). The van der Waals surface area contributed by atoms with Gasteiger partial charge in [-0.1, -0.05) is 35.9 Å². The fourth-order valence-electron chi connectivity index (χ4n) is 2.98. The monoisotopic (exact) mass is 397 g/mol. The molecule has 0 saturated heterocycles. The maximum Gasteiger partial charge on any atom is 0.255 e. The van der Waals surface area contributed by atoms with Gasteiger partial charge in [0.05, 0.1) is 20.5 Å². The molecule has 1 N–H and O–H groups in total. The predicted molar refractivity (Wildman–Crippen MR) is 101 cm³/mol. The molecule has 0 atom stereocenters. The maximum atomic E-state index is 12.9. The molecular weight excluding hydrogens is 386 g/mol. The molecule has 1 aliphatic rings. The van der Waals surface area contributed by atoms with Crippen molar-refractivity contribution in [2.24, 2.45) is 0 Å². The zero-order valence-electron chi connectivity index (χ0n) is 13.8. The second kappa shape index (κ2) is 6.33. The molecule has 7 heteroatoms. The van der Waals surface area contributed by atoms with E-state index < -0.39 is 15.7 Å². The highest BCUT2D eigenvalue weighted by molar-refractivity contribution is 7.91. The Morgan fingerprint density at radius 3 is 2.30 bits per heavy atom. The van der Waals surface area contributed by atoms with Crippen molar-refractivity contribution < 1.29 is 18.0 Å². The fourth-order valence-corrected chi connectivity index (χ4v) is 4.84. The number of fused-ring (bicyclic) bond motifs is 2. The van der Waals surface area contributed by atoms with E-state index in [2.05, 4.69) is 5.32 Å². The van der Waals surface area contributed by atoms with Crippen molar-refractivity contribution in [3.8, 4) is 0 Å². The molecule has 0 bridgehead atoms. The number of para-hydroxylation sites is 1. The number of ketones is 1. The summed E-state index contributed by atoms with van der Waals surface area (Å²) in [6.07, 6.45) is 0. The number of halogens is 1. The van der Waals surface area contributed by atoms with Crippen LogP contribution in [0.25, 0.3) is 0 Å². The number of benzene rings is 3. The molecule has 0 unspecified atom stereocenters. The molecule has 3 aromatic rings. The smallest absolute Gasteiger partial charge is 0.255 e. The van der Waals surface area contributed by atoms with Crippen LogP contribution in [0.5, 0.6) is 0 Å². The van der Waals surface area contributed by atoms with Crippen LogP contribution in [-0.2, 0) is 9.84 Å². The molecule has 1 aliphatic heterocycles. The van der Waals surface area contributed by atoms with Crippen LogP contribution in [0.2, 0.25) is 5.02 Å². The van der Waals surface area contributed by atoms with Gasteiger partial charge in [-0.25, -0.2) is 8.42 Å². The second-order valence-electron chi connectivity index (χ2n) is 5.97. The molecule has 1 amide bonds. The van der Waals surface area contributed by atoms with E-state index in [4.69, 9.17) is 11.6 Å². The predicted octanol–water partition coefficient (Wildman–Crippen LogP) is 3.97. The minimum absolute atomic E-state index is 0.0499. The SMILES string of the molecule is O=C(Nc1ccccc1Cl)c1ccc2c(c1)S(=O)(=O)c1ccccc1C2=O. The van der Waals surface area contributed by atoms with Crippen LogP contribution in [0, 0.1) is 0 Å². The van der Waals surface area contributed by atoms with Gasteiger partial charge in [-0.2, -0.15) is 0 Å². The first-order valence-corrected chi connectivity index (χ1v) is 9.84. The molecule has 0 aliphatic carbocycles. The van der Waals surface area contributed by atoms with Gasteiger partial charge in [-0.15, -0.1) is 0 Å². The van der Waals surface area contributed by atoms with Gasteiger partial charge in [0, 0.05) is 16.7 Å². The highest BCUT2D eigenvalue weighted by Crippen LogP contribution is 2.35. The van der Waals surface area contributed by atoms with Crippen molar-refractivity contribution >= 4 is 38.8 Å². The molecule has 0 aromatic heterocycles. The molecule has 0 radical (unpaired) electrons. The van der Waals surface area contributed by atoms with Crippen molar-refractivity contribution in [2.45, 2.75) is 9.79 Å². The van der Waals surface area contributed by atoms with E-state index in [0.717, 1.165) is 0 Å². The Hall–Kier alpha value is -2.96. The topological polar surface area (TPSA) is 80.3 Å². The summed E-state index contributed by atoms with van der Waals surface area (Å²) < 4.78 is 25.8. The minimum Gasteiger partial charge on any atom is -0.321 e. The summed E-state index contributed by atoms with van der Waals surface area (Å²) in [6.45, 7) is 0. The van der Waals surface area contributed by atoms with Crippen molar-refractivity contribution in [1.29, 1.82) is 0 Å². The maximum absolute atomic E-state index is 12.9. The summed E-state index contributed by atoms with van der Waals surface area (Å²) in [7, 11) is -3.90. The lowest BCUT2D eigenvalue weighted by molar-refractivity contribution is 0.101. The van der Waals surface area contributed by atoms with Gasteiger partial charge in [-0.3, -0.25) is 9.59 Å². The van der Waals surface area contributed by atoms with E-state index in [1.807, 2.05) is 0 Å². The van der Waals surface area contributed by atoms with Crippen molar-refractivity contribution in [1.82, 2.24) is 0 Å². The Bertz CT molecular complexity index is 1220. The van der Waals surface area contributed by atoms with Gasteiger partial charge in [0.25, 0.3) is 5.91 Å². The van der Waals surface area contributed by atoms with E-state index in [1.54, 1.807) is 36.4 Å². The number of nitrogens with one attached hydrogen (secondary N) is 1. The third kappa shape index (κ3) is 2.83. The van der Waals surface area contributed by atoms with Crippen molar-refractivity contribution in [3.05, 3.63) is 88.4 Å². The Labute approximate surface area is 160 Å². The summed E-state index contributed by atoms with van der Waals surface area (Å²) in [4.78, 5) is 25.0. The molecular formula is C20H12ClNO4S. The minimum atomic E-state index is -3.90. The van der Waals surface area contributed by atoms with E-state index in [0.29, 0.717) is 10.7 Å². The first-order valence-electron chi connectivity index (χ1n) is 7.98. The summed E-state index contributed by atoms with van der Waals surface area (Å²) in [5.74, 6) is -0.902. The Morgan fingerprint density at radius 1 is 0.852 bits per heavy atom. The quantitative estimate of drug-likeness (QED) is 0.555. The van der Waals surface area contributed by atoms with Crippen LogP contribution < -0.4 is 5.32 Å². The summed E-state index contributed by atoms with van der Waals surface area (Å²) >= 11 is 6.04. The van der Waals surface area contributed by atoms with Crippen LogP contribution in [0.1, 0.15) is 26.3 Å². The van der Waals surface area contributed by atoms with Crippen LogP contribution >= 0.6 is 11.6 Å². The third-order valence-electron chi connectivity index (χ3n) is 4.32. The molecule has 0 saturated carbocycles. The average Bonchev–Trinajstić information content (AvgIpc) is 2.68. The molecule has 0 fully saturated rings. The van der Waals surface area contributed by atoms with Gasteiger partial charge in [0.1, 0.15) is 0 Å². The highest BCUT2D eigenvalue weighted by atomic mass is 35.5. The number of carbonyl (C=O) groups is 2. The number of carbonyl (C=O) groups excluding carboxylic acids is 2. The first kappa shape index (κ1) is 17.5. The van der Waals surface area contributed by atoms with Crippen LogP contribution in [-0.4, -0.2) is 20.1 Å². The lowest BCUT2D eigenvalue weighted by Crippen LogP contribution is -2.21. The lowest BCUT2D eigenvalue weighted by Gasteiger charge is -2.19. The van der Waals surface area contributed by atoms with Crippen LogP contribution in [0.4, 0.5) is 5.69 Å². The van der Waals surface area contributed by atoms with E-state index in [9.17, 15) is 18.0 Å². The fraction of sp³-hybridized carbons (Fsp3) is 0. The van der Waals surface area contributed by atoms with Gasteiger partial charge in [0.2, 0.25) is 9.84 Å². The van der Waals surface area contributed by atoms with E-state index in [-0.39, 0.29) is 32.3 Å². The largest absolute Gasteiger partial charge is 0.321 e. The number of hydrogen-bond donors (Lipinski definition) is 1. The molecule has 1 heterocycles. The zero-order chi connectivity index (χ0) is 19.2. The summed E-state index contributed by atoms with van der Waals surface area (Å²) in [6, 6.07) is 16.8. The molecule has 3 aromatic carbocycles. The number of sulfone groups is 1. The molecule has 5 nitrogen and oxygen atoms in total. The number of hydrogen-bond acceptors (Lipinski definition) is 4. The average molecular weight is 398 g/mol. The molecule has 4 rings (SSSR count). The van der Waals surface area contributed by atoms with Crippen LogP contribution in [0.15, 0.2) is 76.5 Å². The zero-order valence-corrected chi connectivity index (χ0v) is 15.3. The first-order chi connectivity index (χ1) is 12.9. The van der Waals surface area contributed by atoms with E-state index >= 15 is 0 Å². The third-order valence-corrected chi connectivity index (χ3v) is 6.50. The normalized spacial score (nSPS) is 14.2. The summed E-state index contributed by atoms with van der Waals surface area (Å²) in [5.41, 5.74) is 0.719. The van der Waals surface area contributed by atoms with E-state index in [1.165, 1.54) is 30.3 Å². The van der Waals surface area contributed by atoms with Gasteiger partial charge in [-0.05, 0) is 42.5 Å². The van der Waals surface area contributed by atoms with Gasteiger partial charge >= 0.3 is 0 Å². The Morgan fingerprint density at radius 2 is 1.52 bits per heavy atom. The van der Waals surface area contributed by atoms with Gasteiger partial charge in [0.15, 0.2) is 5.78 Å². The van der Waals surface area contributed by atoms with Crippen molar-refractivity contribution in [2.75, 3.05) is 5.32 Å². The highest BCUT2D eigenvalue weighted by Gasteiger charge is 2.35. The summed E-state index contributed by atoms with van der Waals surface area (Å²) in [5, 5.41) is 3.00.